The van der Waals surface area contributed by atoms with Crippen molar-refractivity contribution in [1.29, 1.82) is 0 Å². The molecule has 0 amide bonds. The van der Waals surface area contributed by atoms with E-state index in [1.54, 1.807) is 12.1 Å². The highest BCUT2D eigenvalue weighted by Gasteiger charge is 2.23. The zero-order chi connectivity index (χ0) is 14.0. The van der Waals surface area contributed by atoms with Gasteiger partial charge in [0.1, 0.15) is 0 Å². The van der Waals surface area contributed by atoms with E-state index in [4.69, 9.17) is 10.5 Å². The van der Waals surface area contributed by atoms with Gasteiger partial charge in [0.25, 0.3) is 0 Å². The van der Waals surface area contributed by atoms with Crippen molar-refractivity contribution in [2.45, 2.75) is 19.9 Å². The fourth-order valence-electron chi connectivity index (χ4n) is 2.49. The van der Waals surface area contributed by atoms with E-state index in [2.05, 4.69) is 23.6 Å². The van der Waals surface area contributed by atoms with Crippen molar-refractivity contribution in [3.05, 3.63) is 17.9 Å². The lowest BCUT2D eigenvalue weighted by Gasteiger charge is -2.38. The summed E-state index contributed by atoms with van der Waals surface area (Å²) in [4.78, 5) is 4.44. The van der Waals surface area contributed by atoms with E-state index in [1.165, 1.54) is 7.11 Å². The molecule has 1 aliphatic heterocycles. The van der Waals surface area contributed by atoms with Crippen LogP contribution in [-0.4, -0.2) is 44.2 Å². The van der Waals surface area contributed by atoms with Crippen LogP contribution in [0.4, 0.5) is 15.8 Å². The van der Waals surface area contributed by atoms with E-state index in [1.807, 2.05) is 0 Å². The molecule has 1 heterocycles. The molecule has 0 bridgehead atoms. The maximum atomic E-state index is 14.3. The lowest BCUT2D eigenvalue weighted by Crippen LogP contribution is -2.49. The Balaban J connectivity index is 2.16. The highest BCUT2D eigenvalue weighted by atomic mass is 19.1. The van der Waals surface area contributed by atoms with Crippen LogP contribution in [0.2, 0.25) is 0 Å². The molecule has 106 valence electrons. The summed E-state index contributed by atoms with van der Waals surface area (Å²) in [7, 11) is 1.44. The monoisotopic (exact) mass is 267 g/mol. The number of piperazine rings is 1. The molecule has 0 aliphatic carbocycles. The number of nitrogens with two attached hydrogens (primary N) is 1. The van der Waals surface area contributed by atoms with Crippen LogP contribution in [0.15, 0.2) is 12.1 Å². The van der Waals surface area contributed by atoms with E-state index in [0.717, 1.165) is 26.2 Å². The van der Waals surface area contributed by atoms with E-state index in [0.29, 0.717) is 17.4 Å². The molecule has 2 N–H and O–H groups in total. The van der Waals surface area contributed by atoms with Gasteiger partial charge in [-0.1, -0.05) is 0 Å². The molecule has 1 aliphatic rings. The third kappa shape index (κ3) is 2.76. The lowest BCUT2D eigenvalue weighted by molar-refractivity contribution is 0.209. The average Bonchev–Trinajstić information content (AvgIpc) is 2.39. The van der Waals surface area contributed by atoms with Crippen LogP contribution >= 0.6 is 0 Å². The second-order valence-corrected chi connectivity index (χ2v) is 5.14. The summed E-state index contributed by atoms with van der Waals surface area (Å²) in [6.07, 6.45) is 0. The Morgan fingerprint density at radius 2 is 1.84 bits per heavy atom. The number of anilines is 2. The van der Waals surface area contributed by atoms with Crippen LogP contribution in [0.3, 0.4) is 0 Å². The molecule has 1 saturated heterocycles. The van der Waals surface area contributed by atoms with Crippen molar-refractivity contribution < 1.29 is 9.13 Å². The van der Waals surface area contributed by atoms with E-state index in [-0.39, 0.29) is 11.6 Å². The van der Waals surface area contributed by atoms with Crippen molar-refractivity contribution in [3.63, 3.8) is 0 Å². The fraction of sp³-hybridized carbons (Fsp3) is 0.571. The fourth-order valence-corrected chi connectivity index (χ4v) is 2.49. The van der Waals surface area contributed by atoms with Gasteiger partial charge in [0.05, 0.1) is 18.5 Å². The summed E-state index contributed by atoms with van der Waals surface area (Å²) in [6.45, 7) is 7.91. The maximum absolute atomic E-state index is 14.3. The van der Waals surface area contributed by atoms with Gasteiger partial charge >= 0.3 is 0 Å². The Hall–Kier alpha value is -1.49. The summed E-state index contributed by atoms with van der Waals surface area (Å²) in [5.41, 5.74) is 6.62. The summed E-state index contributed by atoms with van der Waals surface area (Å²) in [5, 5.41) is 0. The number of hydrogen-bond acceptors (Lipinski definition) is 4. The molecule has 1 fully saturated rings. The predicted octanol–water partition coefficient (Wildman–Crippen LogP) is 1.95. The number of ether oxygens (including phenoxy) is 1. The maximum Gasteiger partial charge on any atom is 0.190 e. The van der Waals surface area contributed by atoms with E-state index < -0.39 is 0 Å². The van der Waals surface area contributed by atoms with Crippen molar-refractivity contribution in [3.8, 4) is 5.75 Å². The molecule has 0 saturated carbocycles. The smallest absolute Gasteiger partial charge is 0.190 e. The first-order valence-electron chi connectivity index (χ1n) is 6.65. The van der Waals surface area contributed by atoms with Crippen molar-refractivity contribution in [1.82, 2.24) is 4.90 Å². The van der Waals surface area contributed by atoms with Crippen molar-refractivity contribution in [2.75, 3.05) is 43.9 Å². The highest BCUT2D eigenvalue weighted by Crippen LogP contribution is 2.33. The SMILES string of the molecule is COc1c(N)ccc(N2CCN(C(C)C)CC2)c1F. The van der Waals surface area contributed by atoms with Crippen LogP contribution < -0.4 is 15.4 Å². The lowest BCUT2D eigenvalue weighted by atomic mass is 10.2. The third-order valence-electron chi connectivity index (χ3n) is 3.70. The van der Waals surface area contributed by atoms with Crippen molar-refractivity contribution in [2.24, 2.45) is 0 Å². The molecule has 2 rings (SSSR count). The summed E-state index contributed by atoms with van der Waals surface area (Å²) >= 11 is 0. The van der Waals surface area contributed by atoms with Gasteiger partial charge in [-0.15, -0.1) is 0 Å². The van der Waals surface area contributed by atoms with Gasteiger partial charge in [-0.2, -0.15) is 0 Å². The number of hydrogen-bond donors (Lipinski definition) is 1. The van der Waals surface area contributed by atoms with Crippen LogP contribution in [0, 0.1) is 5.82 Å². The van der Waals surface area contributed by atoms with E-state index in [9.17, 15) is 4.39 Å². The first-order valence-corrected chi connectivity index (χ1v) is 6.65. The number of halogens is 1. The normalized spacial score (nSPS) is 17.0. The van der Waals surface area contributed by atoms with Crippen LogP contribution in [-0.2, 0) is 0 Å². The largest absolute Gasteiger partial charge is 0.492 e. The van der Waals surface area contributed by atoms with Gasteiger partial charge < -0.3 is 15.4 Å². The molecule has 0 radical (unpaired) electrons. The molecule has 1 aromatic rings. The Morgan fingerprint density at radius 3 is 2.37 bits per heavy atom. The second-order valence-electron chi connectivity index (χ2n) is 5.14. The molecular weight excluding hydrogens is 245 g/mol. The van der Waals surface area contributed by atoms with Gasteiger partial charge in [-0.25, -0.2) is 4.39 Å². The summed E-state index contributed by atoms with van der Waals surface area (Å²) in [6, 6.07) is 3.97. The summed E-state index contributed by atoms with van der Waals surface area (Å²) in [5.74, 6) is -0.218. The number of nitrogen functional groups attached to an aromatic ring is 1. The van der Waals surface area contributed by atoms with Gasteiger partial charge in [0.2, 0.25) is 0 Å². The Labute approximate surface area is 113 Å². The number of methoxy groups -OCH3 is 1. The van der Waals surface area contributed by atoms with Gasteiger partial charge in [-0.05, 0) is 26.0 Å². The summed E-state index contributed by atoms with van der Waals surface area (Å²) < 4.78 is 19.3. The standard InChI is InChI=1S/C14H22FN3O/c1-10(2)17-6-8-18(9-7-17)12-5-4-11(16)14(19-3)13(12)15/h4-5,10H,6-9,16H2,1-3H3. The Bertz CT molecular complexity index is 443. The molecule has 19 heavy (non-hydrogen) atoms. The first kappa shape index (κ1) is 13.9. The van der Waals surface area contributed by atoms with Crippen LogP contribution in [0.5, 0.6) is 5.75 Å². The quantitative estimate of drug-likeness (QED) is 0.850. The Morgan fingerprint density at radius 1 is 1.21 bits per heavy atom. The third-order valence-corrected chi connectivity index (χ3v) is 3.70. The van der Waals surface area contributed by atoms with Gasteiger partial charge in [-0.3, -0.25) is 4.90 Å². The van der Waals surface area contributed by atoms with Gasteiger partial charge in [0, 0.05) is 32.2 Å². The molecule has 0 unspecified atom stereocenters. The number of nitrogens with zero attached hydrogens (tertiary/aromatic N) is 2. The first-order chi connectivity index (χ1) is 9.04. The molecule has 0 aromatic heterocycles. The number of benzene rings is 1. The zero-order valence-electron chi connectivity index (χ0n) is 11.8. The minimum Gasteiger partial charge on any atom is -0.492 e. The second kappa shape index (κ2) is 5.65. The average molecular weight is 267 g/mol. The molecule has 1 aromatic carbocycles. The van der Waals surface area contributed by atoms with Crippen LogP contribution in [0.25, 0.3) is 0 Å². The van der Waals surface area contributed by atoms with Crippen LogP contribution in [0.1, 0.15) is 13.8 Å². The minimum absolute atomic E-state index is 0.142. The molecular formula is C14H22FN3O. The minimum atomic E-state index is -0.361. The van der Waals surface area contributed by atoms with Crippen molar-refractivity contribution >= 4 is 11.4 Å². The predicted molar refractivity (Wildman–Crippen MR) is 76.3 cm³/mol. The number of rotatable bonds is 3. The van der Waals surface area contributed by atoms with Gasteiger partial charge in [0.15, 0.2) is 11.6 Å². The highest BCUT2D eigenvalue weighted by molar-refractivity contribution is 5.63. The van der Waals surface area contributed by atoms with E-state index >= 15 is 0 Å². The topological polar surface area (TPSA) is 41.7 Å². The Kier molecular flexibility index (Phi) is 4.14. The zero-order valence-corrected chi connectivity index (χ0v) is 11.8. The molecule has 5 heteroatoms. The molecule has 4 nitrogen and oxygen atoms in total. The molecule has 0 spiro atoms. The molecule has 0 atom stereocenters.